The highest BCUT2D eigenvalue weighted by Gasteiger charge is 2.43. The van der Waals surface area contributed by atoms with E-state index in [-0.39, 0.29) is 18.3 Å². The van der Waals surface area contributed by atoms with E-state index in [0.29, 0.717) is 11.3 Å². The Bertz CT molecular complexity index is 704. The first-order chi connectivity index (χ1) is 9.93. The Hall–Kier alpha value is -2.36. The van der Waals surface area contributed by atoms with Crippen molar-refractivity contribution in [3.8, 4) is 0 Å². The molecule has 3 rings (SSSR count). The van der Waals surface area contributed by atoms with Gasteiger partial charge in [0.25, 0.3) is 0 Å². The van der Waals surface area contributed by atoms with E-state index in [9.17, 15) is 9.18 Å². The van der Waals surface area contributed by atoms with Crippen LogP contribution < -0.4 is 10.6 Å². The smallest absolute Gasteiger partial charge is 0.237 e. The van der Waals surface area contributed by atoms with Gasteiger partial charge in [0.15, 0.2) is 0 Å². The van der Waals surface area contributed by atoms with Gasteiger partial charge >= 0.3 is 0 Å². The van der Waals surface area contributed by atoms with Crippen molar-refractivity contribution in [3.05, 3.63) is 59.4 Å². The van der Waals surface area contributed by atoms with Gasteiger partial charge in [-0.2, -0.15) is 0 Å². The molecule has 0 saturated carbocycles. The predicted molar refractivity (Wildman–Crippen MR) is 81.5 cm³/mol. The Morgan fingerprint density at radius 1 is 1.14 bits per heavy atom. The lowest BCUT2D eigenvalue weighted by molar-refractivity contribution is -0.122. The number of fused-ring (bicyclic) bond motifs is 1. The lowest BCUT2D eigenvalue weighted by atomic mass is 9.86. The molecule has 2 N–H and O–H groups in total. The number of hydrogen-bond acceptors (Lipinski definition) is 2. The molecule has 0 spiro atoms. The summed E-state index contributed by atoms with van der Waals surface area (Å²) in [6.07, 6.45) is 0. The Morgan fingerprint density at radius 2 is 1.86 bits per heavy atom. The van der Waals surface area contributed by atoms with Crippen molar-refractivity contribution < 1.29 is 9.18 Å². The van der Waals surface area contributed by atoms with Gasteiger partial charge in [-0.15, -0.1) is 0 Å². The van der Waals surface area contributed by atoms with Gasteiger partial charge in [-0.05, 0) is 37.6 Å². The molecule has 1 aliphatic rings. The molecule has 0 aromatic heterocycles. The summed E-state index contributed by atoms with van der Waals surface area (Å²) in [4.78, 5) is 14.3. The molecular formula is C17H17FN2O. The highest BCUT2D eigenvalue weighted by Crippen LogP contribution is 2.42. The Labute approximate surface area is 123 Å². The highest BCUT2D eigenvalue weighted by molar-refractivity contribution is 6.07. The van der Waals surface area contributed by atoms with Crippen LogP contribution in [0.25, 0.3) is 0 Å². The van der Waals surface area contributed by atoms with E-state index in [4.69, 9.17) is 5.73 Å². The molecule has 2 aromatic carbocycles. The number of rotatable bonds is 2. The Morgan fingerprint density at radius 3 is 2.57 bits per heavy atom. The number of anilines is 2. The number of carbonyl (C=O) groups excluding carboxylic acids is 1. The topological polar surface area (TPSA) is 46.3 Å². The van der Waals surface area contributed by atoms with Crippen molar-refractivity contribution in [1.82, 2.24) is 0 Å². The van der Waals surface area contributed by atoms with Crippen LogP contribution in [0.3, 0.4) is 0 Å². The predicted octanol–water partition coefficient (Wildman–Crippen LogP) is 3.23. The number of halogens is 1. The quantitative estimate of drug-likeness (QED) is 0.861. The second-order valence-corrected chi connectivity index (χ2v) is 5.84. The first kappa shape index (κ1) is 13.6. The molecule has 0 radical (unpaired) electrons. The summed E-state index contributed by atoms with van der Waals surface area (Å²) in [7, 11) is 0. The molecule has 1 amide bonds. The van der Waals surface area contributed by atoms with Gasteiger partial charge in [0.1, 0.15) is 5.82 Å². The maximum absolute atomic E-state index is 14.0. The summed E-state index contributed by atoms with van der Waals surface area (Å²) >= 11 is 0. The monoisotopic (exact) mass is 284 g/mol. The largest absolute Gasteiger partial charge is 0.398 e. The second-order valence-electron chi connectivity index (χ2n) is 5.84. The van der Waals surface area contributed by atoms with Crippen LogP contribution in [0.15, 0.2) is 42.5 Å². The molecule has 0 unspecified atom stereocenters. The minimum absolute atomic E-state index is 0.0358. The van der Waals surface area contributed by atoms with Crippen molar-refractivity contribution >= 4 is 17.3 Å². The third-order valence-corrected chi connectivity index (χ3v) is 4.12. The SMILES string of the molecule is CC1(C)C(=O)N(Cc2c(N)cccc2F)c2ccccc21. The fraction of sp³-hybridized carbons (Fsp3) is 0.235. The van der Waals surface area contributed by atoms with E-state index in [0.717, 1.165) is 11.3 Å². The molecular weight excluding hydrogens is 267 g/mol. The van der Waals surface area contributed by atoms with Gasteiger partial charge in [-0.25, -0.2) is 4.39 Å². The third-order valence-electron chi connectivity index (χ3n) is 4.12. The Kier molecular flexibility index (Phi) is 2.97. The van der Waals surface area contributed by atoms with Gasteiger partial charge in [-0.1, -0.05) is 24.3 Å². The molecule has 0 bridgehead atoms. The number of carbonyl (C=O) groups is 1. The zero-order chi connectivity index (χ0) is 15.2. The molecule has 2 aromatic rings. The van der Waals surface area contributed by atoms with Crippen LogP contribution in [0.2, 0.25) is 0 Å². The minimum atomic E-state index is -0.601. The third kappa shape index (κ3) is 1.98. The zero-order valence-corrected chi connectivity index (χ0v) is 12.1. The molecule has 1 heterocycles. The van der Waals surface area contributed by atoms with E-state index >= 15 is 0 Å². The molecule has 0 aliphatic carbocycles. The highest BCUT2D eigenvalue weighted by atomic mass is 19.1. The average Bonchev–Trinajstić information content (AvgIpc) is 2.64. The zero-order valence-electron chi connectivity index (χ0n) is 12.1. The van der Waals surface area contributed by atoms with Gasteiger partial charge < -0.3 is 10.6 Å². The lowest BCUT2D eigenvalue weighted by Gasteiger charge is -2.21. The summed E-state index contributed by atoms with van der Waals surface area (Å²) in [5, 5.41) is 0. The number of hydrogen-bond donors (Lipinski definition) is 1. The number of nitrogens with zero attached hydrogens (tertiary/aromatic N) is 1. The van der Waals surface area contributed by atoms with Crippen molar-refractivity contribution in [2.75, 3.05) is 10.6 Å². The van der Waals surface area contributed by atoms with Crippen molar-refractivity contribution in [2.24, 2.45) is 0 Å². The molecule has 3 nitrogen and oxygen atoms in total. The van der Waals surface area contributed by atoms with Gasteiger partial charge in [0.05, 0.1) is 12.0 Å². The van der Waals surface area contributed by atoms with Gasteiger partial charge in [0.2, 0.25) is 5.91 Å². The molecule has 0 fully saturated rings. The van der Waals surface area contributed by atoms with E-state index in [1.165, 1.54) is 6.07 Å². The number of para-hydroxylation sites is 1. The number of nitrogen functional groups attached to an aromatic ring is 1. The van der Waals surface area contributed by atoms with Gasteiger partial charge in [0, 0.05) is 16.9 Å². The fourth-order valence-corrected chi connectivity index (χ4v) is 2.86. The van der Waals surface area contributed by atoms with E-state index in [1.54, 1.807) is 17.0 Å². The fourth-order valence-electron chi connectivity index (χ4n) is 2.86. The van der Waals surface area contributed by atoms with Crippen LogP contribution in [0.4, 0.5) is 15.8 Å². The molecule has 0 atom stereocenters. The Balaban J connectivity index is 2.06. The van der Waals surface area contributed by atoms with Crippen molar-refractivity contribution in [3.63, 3.8) is 0 Å². The summed E-state index contributed by atoms with van der Waals surface area (Å²) in [5.41, 5.74) is 7.77. The van der Waals surface area contributed by atoms with Crippen LogP contribution in [0.5, 0.6) is 0 Å². The number of nitrogens with two attached hydrogens (primary N) is 1. The number of benzene rings is 2. The summed E-state index contributed by atoms with van der Waals surface area (Å²) in [6.45, 7) is 3.93. The van der Waals surface area contributed by atoms with Crippen LogP contribution in [0, 0.1) is 5.82 Å². The van der Waals surface area contributed by atoms with Crippen LogP contribution >= 0.6 is 0 Å². The standard InChI is InChI=1S/C17H17FN2O/c1-17(2)12-6-3-4-9-15(12)20(16(17)21)10-11-13(18)7-5-8-14(11)19/h3-9H,10,19H2,1-2H3. The molecule has 21 heavy (non-hydrogen) atoms. The number of amides is 1. The van der Waals surface area contributed by atoms with Crippen LogP contribution in [-0.2, 0) is 16.8 Å². The summed E-state index contributed by atoms with van der Waals surface area (Å²) in [5.74, 6) is -0.420. The maximum atomic E-state index is 14.0. The van der Waals surface area contributed by atoms with Crippen LogP contribution in [-0.4, -0.2) is 5.91 Å². The lowest BCUT2D eigenvalue weighted by Crippen LogP contribution is -2.36. The molecule has 1 aliphatic heterocycles. The molecule has 0 saturated heterocycles. The van der Waals surface area contributed by atoms with E-state index < -0.39 is 5.41 Å². The normalized spacial score (nSPS) is 16.1. The van der Waals surface area contributed by atoms with E-state index in [2.05, 4.69) is 0 Å². The average molecular weight is 284 g/mol. The van der Waals surface area contributed by atoms with Crippen molar-refractivity contribution in [1.29, 1.82) is 0 Å². The summed E-state index contributed by atoms with van der Waals surface area (Å²) < 4.78 is 14.0. The van der Waals surface area contributed by atoms with Crippen LogP contribution in [0.1, 0.15) is 25.0 Å². The minimum Gasteiger partial charge on any atom is -0.398 e. The van der Waals surface area contributed by atoms with Crippen molar-refractivity contribution in [2.45, 2.75) is 25.8 Å². The molecule has 108 valence electrons. The molecule has 4 heteroatoms. The maximum Gasteiger partial charge on any atom is 0.237 e. The van der Waals surface area contributed by atoms with E-state index in [1.807, 2.05) is 38.1 Å². The second kappa shape index (κ2) is 4.58. The first-order valence-corrected chi connectivity index (χ1v) is 6.87. The first-order valence-electron chi connectivity index (χ1n) is 6.87. The summed E-state index contributed by atoms with van der Waals surface area (Å²) in [6, 6.07) is 12.2. The van der Waals surface area contributed by atoms with Gasteiger partial charge in [-0.3, -0.25) is 4.79 Å².